The van der Waals surface area contributed by atoms with Gasteiger partial charge in [-0.15, -0.1) is 0 Å². The van der Waals surface area contributed by atoms with Gasteiger partial charge in [-0.3, -0.25) is 0 Å². The molecule has 3 atom stereocenters. The number of benzene rings is 1. The molecule has 1 saturated carbocycles. The lowest BCUT2D eigenvalue weighted by Crippen LogP contribution is -2.29. The molecule has 3 rings (SSSR count). The topological polar surface area (TPSA) is 59.0 Å². The van der Waals surface area contributed by atoms with Crippen molar-refractivity contribution < 1.29 is 19.4 Å². The molecule has 1 N–H and O–H groups in total. The van der Waals surface area contributed by atoms with Gasteiger partial charge in [0.15, 0.2) is 0 Å². The van der Waals surface area contributed by atoms with Crippen LogP contribution in [0.25, 0.3) is 0 Å². The van der Waals surface area contributed by atoms with E-state index in [1.165, 1.54) is 4.90 Å². The first-order chi connectivity index (χ1) is 9.65. The number of amides is 1. The van der Waals surface area contributed by atoms with Crippen molar-refractivity contribution in [3.05, 3.63) is 24.3 Å². The quantitative estimate of drug-likeness (QED) is 0.922. The summed E-state index contributed by atoms with van der Waals surface area (Å²) in [6.07, 6.45) is 1.29. The fourth-order valence-electron chi connectivity index (χ4n) is 3.34. The second kappa shape index (κ2) is 5.23. The van der Waals surface area contributed by atoms with Crippen LogP contribution in [0.5, 0.6) is 11.5 Å². The maximum Gasteiger partial charge on any atom is 0.407 e. The predicted molar refractivity (Wildman–Crippen MR) is 73.2 cm³/mol. The van der Waals surface area contributed by atoms with Gasteiger partial charge in [0, 0.05) is 13.1 Å². The zero-order valence-electron chi connectivity index (χ0n) is 11.5. The van der Waals surface area contributed by atoms with Crippen molar-refractivity contribution in [2.24, 2.45) is 11.8 Å². The third-order valence-corrected chi connectivity index (χ3v) is 4.34. The monoisotopic (exact) mass is 277 g/mol. The van der Waals surface area contributed by atoms with Gasteiger partial charge in [0.05, 0.1) is 13.2 Å². The molecule has 0 aromatic heterocycles. The van der Waals surface area contributed by atoms with E-state index in [9.17, 15) is 4.79 Å². The molecule has 1 aliphatic heterocycles. The zero-order valence-corrected chi connectivity index (χ0v) is 11.5. The molecule has 1 aliphatic carbocycles. The fourth-order valence-corrected chi connectivity index (χ4v) is 3.34. The third-order valence-electron chi connectivity index (χ3n) is 4.34. The summed E-state index contributed by atoms with van der Waals surface area (Å²) in [6, 6.07) is 7.60. The Morgan fingerprint density at radius 1 is 1.15 bits per heavy atom. The summed E-state index contributed by atoms with van der Waals surface area (Å²) < 4.78 is 11.1. The minimum Gasteiger partial charge on any atom is -0.497 e. The highest BCUT2D eigenvalue weighted by molar-refractivity contribution is 5.65. The Morgan fingerprint density at radius 3 is 2.20 bits per heavy atom. The van der Waals surface area contributed by atoms with Gasteiger partial charge in [0.25, 0.3) is 0 Å². The van der Waals surface area contributed by atoms with E-state index >= 15 is 0 Å². The highest BCUT2D eigenvalue weighted by atomic mass is 16.5. The number of hydrogen-bond donors (Lipinski definition) is 1. The maximum atomic E-state index is 10.9. The van der Waals surface area contributed by atoms with E-state index < -0.39 is 6.09 Å². The number of fused-ring (bicyclic) bond motifs is 1. The molecule has 5 heteroatoms. The van der Waals surface area contributed by atoms with Gasteiger partial charge in [0.2, 0.25) is 0 Å². The summed E-state index contributed by atoms with van der Waals surface area (Å²) in [5, 5.41) is 9.00. The Labute approximate surface area is 118 Å². The average Bonchev–Trinajstić information content (AvgIpc) is 2.97. The summed E-state index contributed by atoms with van der Waals surface area (Å²) in [5.74, 6) is 2.58. The Balaban J connectivity index is 1.55. The Hall–Kier alpha value is -1.91. The smallest absolute Gasteiger partial charge is 0.407 e. The molecule has 1 aromatic carbocycles. The Kier molecular flexibility index (Phi) is 3.42. The van der Waals surface area contributed by atoms with E-state index in [-0.39, 0.29) is 6.10 Å². The van der Waals surface area contributed by atoms with Gasteiger partial charge < -0.3 is 19.5 Å². The van der Waals surface area contributed by atoms with Crippen molar-refractivity contribution in [1.29, 1.82) is 0 Å². The van der Waals surface area contributed by atoms with E-state index in [0.29, 0.717) is 24.9 Å². The van der Waals surface area contributed by atoms with E-state index in [1.54, 1.807) is 7.11 Å². The van der Waals surface area contributed by atoms with Crippen LogP contribution in [0.3, 0.4) is 0 Å². The molecule has 1 saturated heterocycles. The molecule has 5 nitrogen and oxygen atoms in total. The predicted octanol–water partition coefficient (Wildman–Crippen LogP) is 2.46. The molecule has 1 heterocycles. The van der Waals surface area contributed by atoms with E-state index in [4.69, 9.17) is 14.6 Å². The van der Waals surface area contributed by atoms with Crippen molar-refractivity contribution in [2.75, 3.05) is 20.2 Å². The summed E-state index contributed by atoms with van der Waals surface area (Å²) in [4.78, 5) is 12.5. The molecular weight excluding hydrogens is 258 g/mol. The first-order valence-electron chi connectivity index (χ1n) is 6.94. The summed E-state index contributed by atoms with van der Waals surface area (Å²) in [6.45, 7) is 1.31. The van der Waals surface area contributed by atoms with Crippen LogP contribution in [0.4, 0.5) is 4.79 Å². The van der Waals surface area contributed by atoms with Crippen molar-refractivity contribution >= 4 is 6.09 Å². The highest BCUT2D eigenvalue weighted by Gasteiger charge is 2.43. The van der Waals surface area contributed by atoms with Gasteiger partial charge >= 0.3 is 6.09 Å². The van der Waals surface area contributed by atoms with Crippen molar-refractivity contribution in [3.8, 4) is 11.5 Å². The molecule has 1 aromatic rings. The Bertz CT molecular complexity index is 473. The second-order valence-corrected chi connectivity index (χ2v) is 5.59. The van der Waals surface area contributed by atoms with Gasteiger partial charge in [-0.1, -0.05) is 0 Å². The van der Waals surface area contributed by atoms with Gasteiger partial charge in [0.1, 0.15) is 11.5 Å². The lowest BCUT2D eigenvalue weighted by molar-refractivity contribution is 0.144. The number of carboxylic acid groups (broad SMARTS) is 1. The molecule has 108 valence electrons. The molecular formula is C15H19NO4. The molecule has 0 spiro atoms. The van der Waals surface area contributed by atoms with Crippen LogP contribution in [0.2, 0.25) is 0 Å². The normalized spacial score (nSPS) is 28.2. The molecule has 1 unspecified atom stereocenters. The highest BCUT2D eigenvalue weighted by Crippen LogP contribution is 2.39. The Morgan fingerprint density at radius 2 is 1.70 bits per heavy atom. The second-order valence-electron chi connectivity index (χ2n) is 5.59. The summed E-state index contributed by atoms with van der Waals surface area (Å²) >= 11 is 0. The van der Waals surface area contributed by atoms with Crippen molar-refractivity contribution in [2.45, 2.75) is 18.9 Å². The van der Waals surface area contributed by atoms with Crippen LogP contribution in [-0.4, -0.2) is 42.4 Å². The van der Waals surface area contributed by atoms with Crippen LogP contribution >= 0.6 is 0 Å². The SMILES string of the molecule is COc1ccc(OC2C[C@@H]3CN(C(=O)O)C[C@@H]3C2)cc1. The lowest BCUT2D eigenvalue weighted by atomic mass is 10.0. The van der Waals surface area contributed by atoms with Crippen LogP contribution in [0.1, 0.15) is 12.8 Å². The van der Waals surface area contributed by atoms with E-state index in [0.717, 1.165) is 24.3 Å². The molecule has 0 bridgehead atoms. The minimum atomic E-state index is -0.799. The number of likely N-dealkylation sites (tertiary alicyclic amines) is 1. The van der Waals surface area contributed by atoms with Crippen LogP contribution in [-0.2, 0) is 0 Å². The van der Waals surface area contributed by atoms with E-state index in [2.05, 4.69) is 0 Å². The van der Waals surface area contributed by atoms with Gasteiger partial charge in [-0.05, 0) is 48.9 Å². The van der Waals surface area contributed by atoms with Gasteiger partial charge in [-0.2, -0.15) is 0 Å². The molecule has 1 amide bonds. The average molecular weight is 277 g/mol. The molecule has 2 fully saturated rings. The number of methoxy groups -OCH3 is 1. The van der Waals surface area contributed by atoms with Crippen LogP contribution < -0.4 is 9.47 Å². The lowest BCUT2D eigenvalue weighted by Gasteiger charge is -2.18. The zero-order chi connectivity index (χ0) is 14.1. The van der Waals surface area contributed by atoms with E-state index in [1.807, 2.05) is 24.3 Å². The van der Waals surface area contributed by atoms with Gasteiger partial charge in [-0.25, -0.2) is 4.79 Å². The largest absolute Gasteiger partial charge is 0.497 e. The first-order valence-corrected chi connectivity index (χ1v) is 6.94. The number of nitrogens with zero attached hydrogens (tertiary/aromatic N) is 1. The summed E-state index contributed by atoms with van der Waals surface area (Å²) in [5.41, 5.74) is 0. The number of ether oxygens (including phenoxy) is 2. The third kappa shape index (κ3) is 2.53. The fraction of sp³-hybridized carbons (Fsp3) is 0.533. The van der Waals surface area contributed by atoms with Crippen molar-refractivity contribution in [3.63, 3.8) is 0 Å². The standard InChI is InChI=1S/C15H19NO4/c1-19-12-2-4-13(5-3-12)20-14-6-10-8-16(15(17)18)9-11(10)7-14/h2-5,10-11,14H,6-9H2,1H3,(H,17,18)/t10-,11+,14?. The molecule has 0 radical (unpaired) electrons. The molecule has 20 heavy (non-hydrogen) atoms. The number of carbonyl (C=O) groups is 1. The molecule has 2 aliphatic rings. The van der Waals surface area contributed by atoms with Crippen LogP contribution in [0.15, 0.2) is 24.3 Å². The number of hydrogen-bond acceptors (Lipinski definition) is 3. The van der Waals surface area contributed by atoms with Crippen LogP contribution in [0, 0.1) is 11.8 Å². The maximum absolute atomic E-state index is 10.9. The first kappa shape index (κ1) is 13.1. The van der Waals surface area contributed by atoms with Crippen molar-refractivity contribution in [1.82, 2.24) is 4.90 Å². The minimum absolute atomic E-state index is 0.203. The summed E-state index contributed by atoms with van der Waals surface area (Å²) in [7, 11) is 1.64. The number of rotatable bonds is 3.